The second-order valence-electron chi connectivity index (χ2n) is 5.62. The van der Waals surface area contributed by atoms with Crippen molar-refractivity contribution >= 4 is 9.84 Å². The predicted octanol–water partition coefficient (Wildman–Crippen LogP) is 2.34. The Balaban J connectivity index is 2.06. The number of aliphatic hydroxyl groups is 1. The Bertz CT molecular complexity index is 687. The van der Waals surface area contributed by atoms with Crippen LogP contribution in [0, 0.1) is 0 Å². The van der Waals surface area contributed by atoms with Gasteiger partial charge in [-0.15, -0.1) is 0 Å². The molecule has 0 fully saturated rings. The lowest BCUT2D eigenvalue weighted by Crippen LogP contribution is -2.38. The van der Waals surface area contributed by atoms with Crippen LogP contribution < -0.4 is 0 Å². The fraction of sp³-hybridized carbons (Fsp3) is 0.333. The molecular formula is C18H23NO3S. The van der Waals surface area contributed by atoms with Crippen molar-refractivity contribution in [1.82, 2.24) is 4.90 Å². The van der Waals surface area contributed by atoms with Gasteiger partial charge in [0.05, 0.1) is 17.3 Å². The van der Waals surface area contributed by atoms with E-state index in [1.807, 2.05) is 42.2 Å². The van der Waals surface area contributed by atoms with Crippen LogP contribution in [0.25, 0.3) is 0 Å². The van der Waals surface area contributed by atoms with Gasteiger partial charge in [0.25, 0.3) is 0 Å². The minimum atomic E-state index is -3.31. The van der Waals surface area contributed by atoms with E-state index in [4.69, 9.17) is 0 Å². The summed E-state index contributed by atoms with van der Waals surface area (Å²) >= 11 is 0. The van der Waals surface area contributed by atoms with Gasteiger partial charge < -0.3 is 5.11 Å². The Kier molecular flexibility index (Phi) is 6.33. The summed E-state index contributed by atoms with van der Waals surface area (Å²) in [6, 6.07) is 18.3. The summed E-state index contributed by atoms with van der Waals surface area (Å²) in [6.07, 6.45) is 0. The van der Waals surface area contributed by atoms with Crippen molar-refractivity contribution < 1.29 is 13.5 Å². The first-order valence-corrected chi connectivity index (χ1v) is 9.35. The van der Waals surface area contributed by atoms with E-state index < -0.39 is 9.84 Å². The van der Waals surface area contributed by atoms with Crippen LogP contribution in [0.1, 0.15) is 12.5 Å². The van der Waals surface area contributed by atoms with Crippen molar-refractivity contribution in [3.63, 3.8) is 0 Å². The first-order valence-electron chi connectivity index (χ1n) is 7.69. The van der Waals surface area contributed by atoms with Crippen LogP contribution in [0.15, 0.2) is 65.6 Å². The molecule has 23 heavy (non-hydrogen) atoms. The number of hydrogen-bond donors (Lipinski definition) is 1. The molecule has 0 spiro atoms. The molecule has 0 aromatic heterocycles. The Labute approximate surface area is 138 Å². The van der Waals surface area contributed by atoms with E-state index in [1.54, 1.807) is 30.3 Å². The van der Waals surface area contributed by atoms with E-state index in [0.29, 0.717) is 18.0 Å². The fourth-order valence-electron chi connectivity index (χ4n) is 2.37. The first-order chi connectivity index (χ1) is 11.0. The van der Waals surface area contributed by atoms with Crippen molar-refractivity contribution in [2.75, 3.05) is 18.9 Å². The van der Waals surface area contributed by atoms with Gasteiger partial charge >= 0.3 is 0 Å². The summed E-state index contributed by atoms with van der Waals surface area (Å²) in [5, 5.41) is 9.44. The highest BCUT2D eigenvalue weighted by Gasteiger charge is 2.19. The van der Waals surface area contributed by atoms with Gasteiger partial charge in [0.15, 0.2) is 9.84 Å². The van der Waals surface area contributed by atoms with E-state index in [9.17, 15) is 13.5 Å². The standard InChI is InChI=1S/C18H23NO3S/c1-16(15-20)19(14-17-8-4-2-5-9-17)12-13-23(21,22)18-10-6-3-7-11-18/h2-11,16,20H,12-15H2,1H3/t16-/m0/s1. The second-order valence-corrected chi connectivity index (χ2v) is 7.73. The van der Waals surface area contributed by atoms with Crippen molar-refractivity contribution in [3.8, 4) is 0 Å². The molecule has 0 aliphatic rings. The topological polar surface area (TPSA) is 57.6 Å². The Morgan fingerprint density at radius 3 is 2.13 bits per heavy atom. The number of hydrogen-bond acceptors (Lipinski definition) is 4. The van der Waals surface area contributed by atoms with E-state index in [-0.39, 0.29) is 18.4 Å². The number of rotatable bonds is 8. The third-order valence-corrected chi connectivity index (χ3v) is 5.58. The zero-order valence-electron chi connectivity index (χ0n) is 13.3. The molecule has 2 aromatic rings. The molecular weight excluding hydrogens is 310 g/mol. The summed E-state index contributed by atoms with van der Waals surface area (Å²) in [4.78, 5) is 2.34. The summed E-state index contributed by atoms with van der Waals surface area (Å²) in [7, 11) is -3.31. The monoisotopic (exact) mass is 333 g/mol. The van der Waals surface area contributed by atoms with E-state index >= 15 is 0 Å². The zero-order chi connectivity index (χ0) is 16.7. The molecule has 0 heterocycles. The highest BCUT2D eigenvalue weighted by atomic mass is 32.2. The Hall–Kier alpha value is -1.69. The molecule has 1 atom stereocenters. The van der Waals surface area contributed by atoms with Gasteiger partial charge in [-0.25, -0.2) is 8.42 Å². The molecule has 0 bridgehead atoms. The van der Waals surface area contributed by atoms with Crippen LogP contribution in [0.2, 0.25) is 0 Å². The maximum absolute atomic E-state index is 12.4. The lowest BCUT2D eigenvalue weighted by Gasteiger charge is -2.27. The van der Waals surface area contributed by atoms with Crippen LogP contribution in [0.5, 0.6) is 0 Å². The molecule has 2 rings (SSSR count). The molecule has 4 nitrogen and oxygen atoms in total. The third kappa shape index (κ3) is 5.16. The second kappa shape index (κ2) is 8.24. The van der Waals surface area contributed by atoms with Crippen molar-refractivity contribution in [1.29, 1.82) is 0 Å². The highest BCUT2D eigenvalue weighted by molar-refractivity contribution is 7.91. The molecule has 0 amide bonds. The molecule has 0 aliphatic carbocycles. The fourth-order valence-corrected chi connectivity index (χ4v) is 3.65. The SMILES string of the molecule is C[C@@H](CO)N(CCS(=O)(=O)c1ccccc1)Cc1ccccc1. The quantitative estimate of drug-likeness (QED) is 0.806. The van der Waals surface area contributed by atoms with Gasteiger partial charge in [-0.2, -0.15) is 0 Å². The smallest absolute Gasteiger partial charge is 0.179 e. The molecule has 0 aliphatic heterocycles. The first kappa shape index (κ1) is 17.7. The van der Waals surface area contributed by atoms with E-state index in [2.05, 4.69) is 0 Å². The third-order valence-electron chi connectivity index (χ3n) is 3.87. The van der Waals surface area contributed by atoms with Gasteiger partial charge in [-0.3, -0.25) is 4.90 Å². The summed E-state index contributed by atoms with van der Waals surface area (Å²) in [5.41, 5.74) is 1.10. The predicted molar refractivity (Wildman–Crippen MR) is 91.9 cm³/mol. The molecule has 5 heteroatoms. The van der Waals surface area contributed by atoms with Crippen molar-refractivity contribution in [2.45, 2.75) is 24.4 Å². The number of nitrogens with zero attached hydrogens (tertiary/aromatic N) is 1. The van der Waals surface area contributed by atoms with Gasteiger partial charge in [0.2, 0.25) is 0 Å². The van der Waals surface area contributed by atoms with Gasteiger partial charge in [-0.1, -0.05) is 48.5 Å². The van der Waals surface area contributed by atoms with Gasteiger partial charge in [-0.05, 0) is 24.6 Å². The molecule has 0 saturated heterocycles. The zero-order valence-corrected chi connectivity index (χ0v) is 14.1. The van der Waals surface area contributed by atoms with Crippen molar-refractivity contribution in [3.05, 3.63) is 66.2 Å². The lowest BCUT2D eigenvalue weighted by molar-refractivity contribution is 0.134. The highest BCUT2D eigenvalue weighted by Crippen LogP contribution is 2.13. The molecule has 0 radical (unpaired) electrons. The number of benzene rings is 2. The van der Waals surface area contributed by atoms with Gasteiger partial charge in [0, 0.05) is 19.1 Å². The molecule has 2 aromatic carbocycles. The van der Waals surface area contributed by atoms with Crippen molar-refractivity contribution in [2.24, 2.45) is 0 Å². The van der Waals surface area contributed by atoms with Crippen LogP contribution >= 0.6 is 0 Å². The largest absolute Gasteiger partial charge is 0.395 e. The van der Waals surface area contributed by atoms with Crippen LogP contribution in [-0.2, 0) is 16.4 Å². The average molecular weight is 333 g/mol. The Morgan fingerprint density at radius 2 is 1.57 bits per heavy atom. The van der Waals surface area contributed by atoms with E-state index in [0.717, 1.165) is 5.56 Å². The molecule has 0 saturated carbocycles. The van der Waals surface area contributed by atoms with Crippen LogP contribution in [0.4, 0.5) is 0 Å². The van der Waals surface area contributed by atoms with E-state index in [1.165, 1.54) is 0 Å². The normalized spacial score (nSPS) is 13.2. The summed E-state index contributed by atoms with van der Waals surface area (Å²) in [6.45, 7) is 2.90. The maximum atomic E-state index is 12.4. The summed E-state index contributed by atoms with van der Waals surface area (Å²) < 4.78 is 24.8. The lowest BCUT2D eigenvalue weighted by atomic mass is 10.2. The molecule has 0 unspecified atom stereocenters. The molecule has 124 valence electrons. The average Bonchev–Trinajstić information content (AvgIpc) is 2.59. The van der Waals surface area contributed by atoms with Crippen LogP contribution in [0.3, 0.4) is 0 Å². The number of aliphatic hydroxyl groups excluding tert-OH is 1. The molecule has 1 N–H and O–H groups in total. The number of sulfone groups is 1. The Morgan fingerprint density at radius 1 is 1.00 bits per heavy atom. The maximum Gasteiger partial charge on any atom is 0.179 e. The summed E-state index contributed by atoms with van der Waals surface area (Å²) in [5.74, 6) is 0.0359. The minimum Gasteiger partial charge on any atom is -0.395 e. The minimum absolute atomic E-state index is 0.00177. The van der Waals surface area contributed by atoms with Crippen LogP contribution in [-0.4, -0.2) is 43.4 Å². The van der Waals surface area contributed by atoms with Gasteiger partial charge in [0.1, 0.15) is 0 Å².